The van der Waals surface area contributed by atoms with Gasteiger partial charge in [0.2, 0.25) is 0 Å². The Morgan fingerprint density at radius 1 is 1.25 bits per heavy atom. The molecule has 0 aliphatic rings. The Kier molecular flexibility index (Phi) is 6.44. The van der Waals surface area contributed by atoms with E-state index in [4.69, 9.17) is 0 Å². The standard InChI is InChI=1S/C18H30N2/c1-7-12-20(6)14-16-8-10-17(11-9-16)15(2)13-19-18(3,4)5/h7-11,15,19H,1,12-14H2,2-6H3. The molecule has 1 atom stereocenters. The fourth-order valence-electron chi connectivity index (χ4n) is 2.13. The molecule has 0 saturated carbocycles. The van der Waals surface area contributed by atoms with Gasteiger partial charge in [-0.3, -0.25) is 4.90 Å². The Morgan fingerprint density at radius 2 is 1.85 bits per heavy atom. The quantitative estimate of drug-likeness (QED) is 0.761. The normalized spacial score (nSPS) is 13.5. The minimum Gasteiger partial charge on any atom is -0.311 e. The lowest BCUT2D eigenvalue weighted by Crippen LogP contribution is -2.38. The number of hydrogen-bond acceptors (Lipinski definition) is 2. The first-order valence-electron chi connectivity index (χ1n) is 7.45. The molecule has 0 fully saturated rings. The highest BCUT2D eigenvalue weighted by molar-refractivity contribution is 5.25. The lowest BCUT2D eigenvalue weighted by Gasteiger charge is -2.24. The Balaban J connectivity index is 2.55. The van der Waals surface area contributed by atoms with Crippen LogP contribution in [0.15, 0.2) is 36.9 Å². The third kappa shape index (κ3) is 6.36. The van der Waals surface area contributed by atoms with Crippen LogP contribution in [0, 0.1) is 0 Å². The summed E-state index contributed by atoms with van der Waals surface area (Å²) in [5.74, 6) is 0.536. The summed E-state index contributed by atoms with van der Waals surface area (Å²) in [6.45, 7) is 15.6. The molecule has 0 radical (unpaired) electrons. The highest BCUT2D eigenvalue weighted by Crippen LogP contribution is 2.17. The third-order valence-corrected chi connectivity index (χ3v) is 3.38. The summed E-state index contributed by atoms with van der Waals surface area (Å²) in [5, 5.41) is 3.56. The van der Waals surface area contributed by atoms with E-state index in [0.29, 0.717) is 5.92 Å². The first-order valence-corrected chi connectivity index (χ1v) is 7.45. The highest BCUT2D eigenvalue weighted by atomic mass is 15.1. The van der Waals surface area contributed by atoms with Gasteiger partial charge in [0, 0.05) is 25.2 Å². The van der Waals surface area contributed by atoms with Crippen molar-refractivity contribution in [1.82, 2.24) is 10.2 Å². The summed E-state index contributed by atoms with van der Waals surface area (Å²) in [4.78, 5) is 2.26. The Hall–Kier alpha value is -1.12. The molecule has 1 aromatic rings. The van der Waals surface area contributed by atoms with Gasteiger partial charge >= 0.3 is 0 Å². The van der Waals surface area contributed by atoms with E-state index in [-0.39, 0.29) is 5.54 Å². The molecule has 1 aromatic carbocycles. The first kappa shape index (κ1) is 16.9. The molecule has 2 heteroatoms. The van der Waals surface area contributed by atoms with Crippen molar-refractivity contribution in [3.8, 4) is 0 Å². The molecular weight excluding hydrogens is 244 g/mol. The van der Waals surface area contributed by atoms with Gasteiger partial charge in [-0.1, -0.05) is 37.3 Å². The molecule has 0 amide bonds. The van der Waals surface area contributed by atoms with E-state index in [1.165, 1.54) is 11.1 Å². The molecule has 0 bridgehead atoms. The fraction of sp³-hybridized carbons (Fsp3) is 0.556. The van der Waals surface area contributed by atoms with Crippen molar-refractivity contribution in [2.75, 3.05) is 20.1 Å². The van der Waals surface area contributed by atoms with Crippen molar-refractivity contribution in [3.63, 3.8) is 0 Å². The second-order valence-corrected chi connectivity index (χ2v) is 6.76. The Labute approximate surface area is 124 Å². The van der Waals surface area contributed by atoms with E-state index in [9.17, 15) is 0 Å². The van der Waals surface area contributed by atoms with Crippen LogP contribution in [0.2, 0.25) is 0 Å². The lowest BCUT2D eigenvalue weighted by atomic mass is 9.98. The monoisotopic (exact) mass is 274 g/mol. The van der Waals surface area contributed by atoms with Gasteiger partial charge in [-0.25, -0.2) is 0 Å². The fourth-order valence-corrected chi connectivity index (χ4v) is 2.13. The average molecular weight is 274 g/mol. The second kappa shape index (κ2) is 7.61. The van der Waals surface area contributed by atoms with E-state index >= 15 is 0 Å². The predicted molar refractivity (Wildman–Crippen MR) is 89.1 cm³/mol. The topological polar surface area (TPSA) is 15.3 Å². The van der Waals surface area contributed by atoms with Crippen molar-refractivity contribution in [2.45, 2.75) is 45.7 Å². The van der Waals surface area contributed by atoms with Crippen LogP contribution in [0.25, 0.3) is 0 Å². The van der Waals surface area contributed by atoms with E-state index in [1.807, 2.05) is 6.08 Å². The van der Waals surface area contributed by atoms with Gasteiger partial charge in [-0.2, -0.15) is 0 Å². The maximum absolute atomic E-state index is 3.77. The average Bonchev–Trinajstić information content (AvgIpc) is 2.36. The maximum atomic E-state index is 3.77. The zero-order valence-electron chi connectivity index (χ0n) is 13.7. The number of likely N-dealkylation sites (N-methyl/N-ethyl adjacent to an activating group) is 1. The molecule has 0 spiro atoms. The summed E-state index contributed by atoms with van der Waals surface area (Å²) in [5.41, 5.74) is 2.94. The maximum Gasteiger partial charge on any atom is 0.0233 e. The molecule has 1 rings (SSSR count). The molecule has 0 saturated heterocycles. The van der Waals surface area contributed by atoms with Crippen LogP contribution >= 0.6 is 0 Å². The minimum absolute atomic E-state index is 0.182. The predicted octanol–water partition coefficient (Wildman–Crippen LogP) is 3.80. The number of nitrogens with one attached hydrogen (secondary N) is 1. The molecule has 2 nitrogen and oxygen atoms in total. The zero-order chi connectivity index (χ0) is 15.2. The molecule has 112 valence electrons. The van der Waals surface area contributed by atoms with Gasteiger partial charge < -0.3 is 5.32 Å². The van der Waals surface area contributed by atoms with Crippen molar-refractivity contribution < 1.29 is 0 Å². The third-order valence-electron chi connectivity index (χ3n) is 3.38. The Bertz CT molecular complexity index is 400. The van der Waals surface area contributed by atoms with E-state index in [1.54, 1.807) is 0 Å². The summed E-state index contributed by atoms with van der Waals surface area (Å²) in [6, 6.07) is 8.99. The molecule has 0 aliphatic heterocycles. The summed E-state index contributed by atoms with van der Waals surface area (Å²) < 4.78 is 0. The number of rotatable bonds is 7. The van der Waals surface area contributed by atoms with Gasteiger partial charge in [0.25, 0.3) is 0 Å². The number of nitrogens with zero attached hydrogens (tertiary/aromatic N) is 1. The van der Waals surface area contributed by atoms with Gasteiger partial charge in [0.15, 0.2) is 0 Å². The Morgan fingerprint density at radius 3 is 2.35 bits per heavy atom. The molecule has 0 aliphatic carbocycles. The van der Waals surface area contributed by atoms with Gasteiger partial charge in [-0.05, 0) is 44.9 Å². The van der Waals surface area contributed by atoms with E-state index in [2.05, 4.69) is 75.8 Å². The molecule has 0 aromatic heterocycles. The smallest absolute Gasteiger partial charge is 0.0233 e. The largest absolute Gasteiger partial charge is 0.311 e. The van der Waals surface area contributed by atoms with Crippen molar-refractivity contribution in [1.29, 1.82) is 0 Å². The van der Waals surface area contributed by atoms with Crippen LogP contribution in [0.1, 0.15) is 44.7 Å². The molecule has 1 unspecified atom stereocenters. The second-order valence-electron chi connectivity index (χ2n) is 6.76. The number of benzene rings is 1. The van der Waals surface area contributed by atoms with Crippen LogP contribution in [-0.4, -0.2) is 30.6 Å². The lowest BCUT2D eigenvalue weighted by molar-refractivity contribution is 0.363. The van der Waals surface area contributed by atoms with Gasteiger partial charge in [-0.15, -0.1) is 6.58 Å². The molecular formula is C18H30N2. The zero-order valence-corrected chi connectivity index (χ0v) is 13.7. The minimum atomic E-state index is 0.182. The summed E-state index contributed by atoms with van der Waals surface area (Å²) in [7, 11) is 2.12. The number of hydrogen-bond donors (Lipinski definition) is 1. The summed E-state index contributed by atoms with van der Waals surface area (Å²) in [6.07, 6.45) is 1.94. The van der Waals surface area contributed by atoms with Crippen molar-refractivity contribution in [2.24, 2.45) is 0 Å². The molecule has 20 heavy (non-hydrogen) atoms. The van der Waals surface area contributed by atoms with Gasteiger partial charge in [0.1, 0.15) is 0 Å². The van der Waals surface area contributed by atoms with Crippen LogP contribution in [-0.2, 0) is 6.54 Å². The van der Waals surface area contributed by atoms with Crippen LogP contribution in [0.5, 0.6) is 0 Å². The van der Waals surface area contributed by atoms with E-state index < -0.39 is 0 Å². The SMILES string of the molecule is C=CCN(C)Cc1ccc(C(C)CNC(C)(C)C)cc1. The van der Waals surface area contributed by atoms with Crippen LogP contribution in [0.3, 0.4) is 0 Å². The van der Waals surface area contributed by atoms with Crippen molar-refractivity contribution in [3.05, 3.63) is 48.0 Å². The van der Waals surface area contributed by atoms with Gasteiger partial charge in [0.05, 0.1) is 0 Å². The summed E-state index contributed by atoms with van der Waals surface area (Å²) >= 11 is 0. The van der Waals surface area contributed by atoms with Crippen LogP contribution < -0.4 is 5.32 Å². The molecule has 1 N–H and O–H groups in total. The first-order chi connectivity index (χ1) is 9.31. The van der Waals surface area contributed by atoms with Crippen LogP contribution in [0.4, 0.5) is 0 Å². The highest BCUT2D eigenvalue weighted by Gasteiger charge is 2.12. The van der Waals surface area contributed by atoms with Crippen molar-refractivity contribution >= 4 is 0 Å². The van der Waals surface area contributed by atoms with E-state index in [0.717, 1.165) is 19.6 Å². The molecule has 0 heterocycles.